The number of ether oxygens (including phenoxy) is 2. The summed E-state index contributed by atoms with van der Waals surface area (Å²) in [4.78, 5) is 0. The second-order valence-electron chi connectivity index (χ2n) is 5.91. The molecule has 0 amide bonds. The van der Waals surface area contributed by atoms with E-state index in [-0.39, 0.29) is 0 Å². The number of nitrogens with one attached hydrogen (secondary N) is 1. The Morgan fingerprint density at radius 2 is 2.00 bits per heavy atom. The molecule has 1 atom stereocenters. The number of hydrogen-bond acceptors (Lipinski definition) is 3. The molecule has 1 aliphatic rings. The fourth-order valence-corrected chi connectivity index (χ4v) is 3.08. The SMILES string of the molecule is Clc1ccc(COc2ccccc2CNC[C@H]2CCCO2)cc1Cl. The molecular formula is C19H21Cl2NO2. The van der Waals surface area contributed by atoms with Gasteiger partial charge in [0.25, 0.3) is 0 Å². The van der Waals surface area contributed by atoms with E-state index in [0.717, 1.165) is 49.4 Å². The Morgan fingerprint density at radius 3 is 2.79 bits per heavy atom. The van der Waals surface area contributed by atoms with E-state index in [1.54, 1.807) is 6.07 Å². The molecule has 0 aliphatic carbocycles. The van der Waals surface area contributed by atoms with Gasteiger partial charge < -0.3 is 14.8 Å². The van der Waals surface area contributed by atoms with Crippen LogP contribution in [0.15, 0.2) is 42.5 Å². The van der Waals surface area contributed by atoms with Crippen LogP contribution in [0.25, 0.3) is 0 Å². The van der Waals surface area contributed by atoms with Crippen LogP contribution < -0.4 is 10.1 Å². The van der Waals surface area contributed by atoms with Crippen molar-refractivity contribution in [3.8, 4) is 5.75 Å². The molecule has 128 valence electrons. The fraction of sp³-hybridized carbons (Fsp3) is 0.368. The topological polar surface area (TPSA) is 30.5 Å². The van der Waals surface area contributed by atoms with Gasteiger partial charge in [-0.3, -0.25) is 0 Å². The molecule has 0 aromatic heterocycles. The van der Waals surface area contributed by atoms with Crippen LogP contribution >= 0.6 is 23.2 Å². The van der Waals surface area contributed by atoms with Gasteiger partial charge in [-0.1, -0.05) is 47.5 Å². The van der Waals surface area contributed by atoms with E-state index in [2.05, 4.69) is 11.4 Å². The number of rotatable bonds is 7. The first-order chi connectivity index (χ1) is 11.7. The van der Waals surface area contributed by atoms with E-state index in [4.69, 9.17) is 32.7 Å². The smallest absolute Gasteiger partial charge is 0.124 e. The monoisotopic (exact) mass is 365 g/mol. The molecule has 1 aliphatic heterocycles. The molecule has 2 aromatic rings. The van der Waals surface area contributed by atoms with E-state index in [9.17, 15) is 0 Å². The number of para-hydroxylation sites is 1. The largest absolute Gasteiger partial charge is 0.489 e. The van der Waals surface area contributed by atoms with Crippen molar-refractivity contribution in [3.63, 3.8) is 0 Å². The van der Waals surface area contributed by atoms with Crippen LogP contribution in [0.1, 0.15) is 24.0 Å². The molecule has 1 saturated heterocycles. The Hall–Kier alpha value is -1.26. The van der Waals surface area contributed by atoms with Gasteiger partial charge in [0.05, 0.1) is 16.1 Å². The maximum absolute atomic E-state index is 6.05. The van der Waals surface area contributed by atoms with Crippen molar-refractivity contribution in [1.82, 2.24) is 5.32 Å². The second kappa shape index (κ2) is 8.72. The average Bonchev–Trinajstić information content (AvgIpc) is 3.10. The maximum Gasteiger partial charge on any atom is 0.124 e. The molecular weight excluding hydrogens is 345 g/mol. The molecule has 1 N–H and O–H groups in total. The van der Waals surface area contributed by atoms with Crippen LogP contribution in [0, 0.1) is 0 Å². The molecule has 3 nitrogen and oxygen atoms in total. The average molecular weight is 366 g/mol. The summed E-state index contributed by atoms with van der Waals surface area (Å²) in [7, 11) is 0. The normalized spacial score (nSPS) is 17.2. The predicted molar refractivity (Wildman–Crippen MR) is 97.9 cm³/mol. The zero-order valence-electron chi connectivity index (χ0n) is 13.4. The summed E-state index contributed by atoms with van der Waals surface area (Å²) in [5.74, 6) is 0.878. The molecule has 2 aromatic carbocycles. The van der Waals surface area contributed by atoms with Gasteiger partial charge in [0, 0.05) is 25.3 Å². The Morgan fingerprint density at radius 1 is 1.12 bits per heavy atom. The first-order valence-corrected chi connectivity index (χ1v) is 8.95. The third-order valence-electron chi connectivity index (χ3n) is 4.06. The summed E-state index contributed by atoms with van der Waals surface area (Å²) in [5, 5.41) is 4.56. The lowest BCUT2D eigenvalue weighted by molar-refractivity contribution is 0.110. The lowest BCUT2D eigenvalue weighted by atomic mass is 10.2. The van der Waals surface area contributed by atoms with Crippen molar-refractivity contribution >= 4 is 23.2 Å². The van der Waals surface area contributed by atoms with Crippen LogP contribution in [0.4, 0.5) is 0 Å². The first-order valence-electron chi connectivity index (χ1n) is 8.19. The van der Waals surface area contributed by atoms with Gasteiger partial charge in [-0.05, 0) is 36.6 Å². The summed E-state index contributed by atoms with van der Waals surface area (Å²) in [5.41, 5.74) is 2.13. The minimum Gasteiger partial charge on any atom is -0.489 e. The highest BCUT2D eigenvalue weighted by Gasteiger charge is 2.14. The third-order valence-corrected chi connectivity index (χ3v) is 4.80. The molecule has 0 radical (unpaired) electrons. The highest BCUT2D eigenvalue weighted by Crippen LogP contribution is 2.24. The van der Waals surface area contributed by atoms with E-state index >= 15 is 0 Å². The summed E-state index contributed by atoms with van der Waals surface area (Å²) < 4.78 is 11.6. The zero-order chi connectivity index (χ0) is 16.8. The van der Waals surface area contributed by atoms with E-state index in [1.807, 2.05) is 30.3 Å². The summed E-state index contributed by atoms with van der Waals surface area (Å²) >= 11 is 12.0. The minimum atomic E-state index is 0.342. The van der Waals surface area contributed by atoms with Crippen LogP contribution in [-0.2, 0) is 17.9 Å². The lowest BCUT2D eigenvalue weighted by Crippen LogP contribution is -2.25. The van der Waals surface area contributed by atoms with E-state index in [1.165, 1.54) is 0 Å². The molecule has 1 fully saturated rings. The van der Waals surface area contributed by atoms with Gasteiger partial charge in [-0.25, -0.2) is 0 Å². The van der Waals surface area contributed by atoms with Crippen molar-refractivity contribution < 1.29 is 9.47 Å². The Labute approximate surface area is 152 Å². The fourth-order valence-electron chi connectivity index (χ4n) is 2.75. The molecule has 0 bridgehead atoms. The van der Waals surface area contributed by atoms with Crippen molar-refractivity contribution in [1.29, 1.82) is 0 Å². The van der Waals surface area contributed by atoms with E-state index in [0.29, 0.717) is 22.8 Å². The summed E-state index contributed by atoms with van der Waals surface area (Å²) in [6.45, 7) is 2.98. The Bertz CT molecular complexity index is 672. The van der Waals surface area contributed by atoms with Gasteiger partial charge in [0.15, 0.2) is 0 Å². The Balaban J connectivity index is 1.55. The lowest BCUT2D eigenvalue weighted by Gasteiger charge is -2.14. The molecule has 5 heteroatoms. The number of halogens is 2. The van der Waals surface area contributed by atoms with Crippen molar-refractivity contribution in [2.75, 3.05) is 13.2 Å². The summed E-state index contributed by atoms with van der Waals surface area (Å²) in [6.07, 6.45) is 2.65. The predicted octanol–water partition coefficient (Wildman–Crippen LogP) is 4.84. The van der Waals surface area contributed by atoms with E-state index < -0.39 is 0 Å². The van der Waals surface area contributed by atoms with Gasteiger partial charge >= 0.3 is 0 Å². The Kier molecular flexibility index (Phi) is 6.38. The van der Waals surface area contributed by atoms with Crippen LogP contribution in [-0.4, -0.2) is 19.3 Å². The zero-order valence-corrected chi connectivity index (χ0v) is 14.9. The highest BCUT2D eigenvalue weighted by atomic mass is 35.5. The van der Waals surface area contributed by atoms with Gasteiger partial charge in [0.1, 0.15) is 12.4 Å². The quantitative estimate of drug-likeness (QED) is 0.761. The first kappa shape index (κ1) is 17.6. The standard InChI is InChI=1S/C19H21Cl2NO2/c20-17-8-7-14(10-18(17)21)13-24-19-6-2-1-4-15(19)11-22-12-16-5-3-9-23-16/h1-2,4,6-8,10,16,22H,3,5,9,11-13H2/t16-/m1/s1. The second-order valence-corrected chi connectivity index (χ2v) is 6.73. The van der Waals surface area contributed by atoms with Crippen LogP contribution in [0.5, 0.6) is 5.75 Å². The molecule has 3 rings (SSSR count). The third kappa shape index (κ3) is 4.87. The molecule has 0 unspecified atom stereocenters. The van der Waals surface area contributed by atoms with Crippen molar-refractivity contribution in [3.05, 3.63) is 63.6 Å². The van der Waals surface area contributed by atoms with Gasteiger partial charge in [0.2, 0.25) is 0 Å². The van der Waals surface area contributed by atoms with Crippen LogP contribution in [0.2, 0.25) is 10.0 Å². The summed E-state index contributed by atoms with van der Waals surface area (Å²) in [6, 6.07) is 13.6. The maximum atomic E-state index is 6.05. The van der Waals surface area contributed by atoms with Crippen LogP contribution in [0.3, 0.4) is 0 Å². The van der Waals surface area contributed by atoms with Crippen molar-refractivity contribution in [2.24, 2.45) is 0 Å². The van der Waals surface area contributed by atoms with Crippen molar-refractivity contribution in [2.45, 2.75) is 32.1 Å². The molecule has 1 heterocycles. The molecule has 0 spiro atoms. The minimum absolute atomic E-state index is 0.342. The van der Waals surface area contributed by atoms with Gasteiger partial charge in [-0.2, -0.15) is 0 Å². The molecule has 24 heavy (non-hydrogen) atoms. The number of benzene rings is 2. The number of hydrogen-bond donors (Lipinski definition) is 1. The van der Waals surface area contributed by atoms with Gasteiger partial charge in [-0.15, -0.1) is 0 Å². The molecule has 0 saturated carbocycles. The highest BCUT2D eigenvalue weighted by molar-refractivity contribution is 6.42.